The van der Waals surface area contributed by atoms with E-state index in [-0.39, 0.29) is 23.5 Å². The number of carbonyl (C=O) groups excluding carboxylic acids is 2. The summed E-state index contributed by atoms with van der Waals surface area (Å²) in [5.41, 5.74) is 0.598. The fraction of sp³-hybridized carbons (Fsp3) is 0.474. The van der Waals surface area contributed by atoms with E-state index in [9.17, 15) is 14.0 Å². The average molecular weight is 373 g/mol. The highest BCUT2D eigenvalue weighted by Gasteiger charge is 2.29. The van der Waals surface area contributed by atoms with E-state index in [4.69, 9.17) is 0 Å². The topological polar surface area (TPSA) is 80.1 Å². The molecule has 8 heteroatoms. The van der Waals surface area contributed by atoms with E-state index in [2.05, 4.69) is 15.4 Å². The zero-order chi connectivity index (χ0) is 19.2. The highest BCUT2D eigenvalue weighted by Crippen LogP contribution is 2.20. The molecular formula is C19H24FN5O2. The summed E-state index contributed by atoms with van der Waals surface area (Å²) in [6.07, 6.45) is 4.65. The Bertz CT molecular complexity index is 772. The number of amides is 2. The number of rotatable bonds is 6. The lowest BCUT2D eigenvalue weighted by molar-refractivity contribution is -0.138. The molecule has 1 fully saturated rings. The SMILES string of the molecule is C[C@@H](C(=O)N1CCC(C(=O)NCCc2ccccc2F)CC1)n1cncn1. The normalized spacial score (nSPS) is 16.1. The molecule has 0 bridgehead atoms. The lowest BCUT2D eigenvalue weighted by Crippen LogP contribution is -2.45. The molecule has 0 aliphatic carbocycles. The summed E-state index contributed by atoms with van der Waals surface area (Å²) < 4.78 is 15.1. The molecule has 1 atom stereocenters. The molecular weight excluding hydrogens is 349 g/mol. The van der Waals surface area contributed by atoms with Crippen LogP contribution in [0.3, 0.4) is 0 Å². The maximum atomic E-state index is 13.6. The first kappa shape index (κ1) is 19.0. The van der Waals surface area contributed by atoms with Crippen molar-refractivity contribution in [2.75, 3.05) is 19.6 Å². The summed E-state index contributed by atoms with van der Waals surface area (Å²) in [7, 11) is 0. The van der Waals surface area contributed by atoms with Gasteiger partial charge in [-0.3, -0.25) is 9.59 Å². The van der Waals surface area contributed by atoms with Crippen LogP contribution in [0.4, 0.5) is 4.39 Å². The first-order valence-electron chi connectivity index (χ1n) is 9.20. The number of nitrogens with one attached hydrogen (secondary N) is 1. The zero-order valence-corrected chi connectivity index (χ0v) is 15.3. The van der Waals surface area contributed by atoms with Crippen molar-refractivity contribution < 1.29 is 14.0 Å². The van der Waals surface area contributed by atoms with Crippen LogP contribution >= 0.6 is 0 Å². The Morgan fingerprint density at radius 2 is 2.04 bits per heavy atom. The van der Waals surface area contributed by atoms with E-state index in [0.29, 0.717) is 44.5 Å². The summed E-state index contributed by atoms with van der Waals surface area (Å²) in [5, 5.41) is 6.89. The second kappa shape index (κ2) is 8.75. The van der Waals surface area contributed by atoms with E-state index < -0.39 is 6.04 Å². The molecule has 2 heterocycles. The summed E-state index contributed by atoms with van der Waals surface area (Å²) in [5.74, 6) is -0.405. The Labute approximate surface area is 157 Å². The Hall–Kier alpha value is -2.77. The molecule has 0 radical (unpaired) electrons. The van der Waals surface area contributed by atoms with Gasteiger partial charge in [0.25, 0.3) is 0 Å². The Morgan fingerprint density at radius 1 is 1.30 bits per heavy atom. The van der Waals surface area contributed by atoms with Gasteiger partial charge in [-0.05, 0) is 37.8 Å². The van der Waals surface area contributed by atoms with E-state index in [1.807, 2.05) is 0 Å². The number of aromatic nitrogens is 3. The lowest BCUT2D eigenvalue weighted by atomic mass is 9.95. The van der Waals surface area contributed by atoms with Crippen LogP contribution in [0.1, 0.15) is 31.4 Å². The van der Waals surface area contributed by atoms with E-state index in [1.54, 1.807) is 30.0 Å². The fourth-order valence-corrected chi connectivity index (χ4v) is 3.32. The average Bonchev–Trinajstić information content (AvgIpc) is 3.23. The number of benzene rings is 1. The predicted octanol–water partition coefficient (Wildman–Crippen LogP) is 1.58. The number of nitrogens with zero attached hydrogens (tertiary/aromatic N) is 4. The second-order valence-corrected chi connectivity index (χ2v) is 6.78. The van der Waals surface area contributed by atoms with Crippen molar-refractivity contribution in [2.45, 2.75) is 32.2 Å². The van der Waals surface area contributed by atoms with Gasteiger partial charge in [-0.25, -0.2) is 14.1 Å². The van der Waals surface area contributed by atoms with E-state index in [0.717, 1.165) is 0 Å². The third-order valence-electron chi connectivity index (χ3n) is 5.02. The van der Waals surface area contributed by atoms with Crippen molar-refractivity contribution in [2.24, 2.45) is 5.92 Å². The van der Waals surface area contributed by atoms with E-state index >= 15 is 0 Å². The second-order valence-electron chi connectivity index (χ2n) is 6.78. The summed E-state index contributed by atoms with van der Waals surface area (Å²) in [6, 6.07) is 6.17. The fourth-order valence-electron chi connectivity index (χ4n) is 3.32. The maximum absolute atomic E-state index is 13.6. The number of hydrogen-bond donors (Lipinski definition) is 1. The number of carbonyl (C=O) groups is 2. The summed E-state index contributed by atoms with van der Waals surface area (Å²) in [6.45, 7) is 3.29. The predicted molar refractivity (Wildman–Crippen MR) is 97.2 cm³/mol. The summed E-state index contributed by atoms with van der Waals surface area (Å²) in [4.78, 5) is 30.5. The third-order valence-corrected chi connectivity index (χ3v) is 5.02. The quantitative estimate of drug-likeness (QED) is 0.834. The van der Waals surface area contributed by atoms with Crippen molar-refractivity contribution in [3.8, 4) is 0 Å². The first-order chi connectivity index (χ1) is 13.1. The minimum Gasteiger partial charge on any atom is -0.356 e. The molecule has 1 aliphatic rings. The molecule has 1 aromatic heterocycles. The third kappa shape index (κ3) is 4.69. The van der Waals surface area contributed by atoms with Crippen LogP contribution in [-0.4, -0.2) is 51.1 Å². The molecule has 1 aromatic carbocycles. The Kier molecular flexibility index (Phi) is 6.16. The largest absolute Gasteiger partial charge is 0.356 e. The first-order valence-corrected chi connectivity index (χ1v) is 9.20. The lowest BCUT2D eigenvalue weighted by Gasteiger charge is -2.33. The highest BCUT2D eigenvalue weighted by atomic mass is 19.1. The smallest absolute Gasteiger partial charge is 0.247 e. The van der Waals surface area contributed by atoms with Gasteiger partial charge in [-0.15, -0.1) is 0 Å². The van der Waals surface area contributed by atoms with Crippen molar-refractivity contribution in [1.29, 1.82) is 0 Å². The van der Waals surface area contributed by atoms with Crippen LogP contribution < -0.4 is 5.32 Å². The van der Waals surface area contributed by atoms with Gasteiger partial charge < -0.3 is 10.2 Å². The van der Waals surface area contributed by atoms with Gasteiger partial charge in [0.05, 0.1) is 0 Å². The molecule has 1 saturated heterocycles. The molecule has 144 valence electrons. The molecule has 1 N–H and O–H groups in total. The minimum absolute atomic E-state index is 0.0149. The van der Waals surface area contributed by atoms with Crippen molar-refractivity contribution in [3.05, 3.63) is 48.3 Å². The molecule has 2 aromatic rings. The highest BCUT2D eigenvalue weighted by molar-refractivity contribution is 5.81. The number of piperidine rings is 1. The van der Waals surface area contributed by atoms with Crippen molar-refractivity contribution in [1.82, 2.24) is 25.0 Å². The van der Waals surface area contributed by atoms with Gasteiger partial charge in [0.1, 0.15) is 24.5 Å². The standard InChI is InChI=1S/C19H24FN5O2/c1-14(25-13-21-12-23-25)19(27)24-10-7-16(8-11-24)18(26)22-9-6-15-4-2-3-5-17(15)20/h2-5,12-14,16H,6-11H2,1H3,(H,22,26)/t14-/m0/s1. The van der Waals surface area contributed by atoms with Crippen LogP contribution in [0.2, 0.25) is 0 Å². The van der Waals surface area contributed by atoms with E-state index in [1.165, 1.54) is 23.4 Å². The van der Waals surface area contributed by atoms with Crippen molar-refractivity contribution >= 4 is 11.8 Å². The van der Waals surface area contributed by atoms with Crippen LogP contribution in [0, 0.1) is 11.7 Å². The Morgan fingerprint density at radius 3 is 2.70 bits per heavy atom. The molecule has 0 unspecified atom stereocenters. The van der Waals surface area contributed by atoms with Gasteiger partial charge in [-0.1, -0.05) is 18.2 Å². The van der Waals surface area contributed by atoms with Gasteiger partial charge in [0.2, 0.25) is 11.8 Å². The van der Waals surface area contributed by atoms with Gasteiger partial charge in [-0.2, -0.15) is 5.10 Å². The monoisotopic (exact) mass is 373 g/mol. The molecule has 7 nitrogen and oxygen atoms in total. The molecule has 27 heavy (non-hydrogen) atoms. The van der Waals surface area contributed by atoms with Gasteiger partial charge in [0, 0.05) is 25.6 Å². The van der Waals surface area contributed by atoms with Gasteiger partial charge in [0.15, 0.2) is 0 Å². The Balaban J connectivity index is 1.42. The maximum Gasteiger partial charge on any atom is 0.247 e. The number of hydrogen-bond acceptors (Lipinski definition) is 4. The number of halogens is 1. The van der Waals surface area contributed by atoms with Crippen LogP contribution in [0.25, 0.3) is 0 Å². The molecule has 2 amide bonds. The minimum atomic E-state index is -0.404. The van der Waals surface area contributed by atoms with Gasteiger partial charge >= 0.3 is 0 Å². The zero-order valence-electron chi connectivity index (χ0n) is 15.3. The molecule has 0 saturated carbocycles. The molecule has 3 rings (SSSR count). The molecule has 1 aliphatic heterocycles. The van der Waals surface area contributed by atoms with Crippen LogP contribution in [0.15, 0.2) is 36.9 Å². The van der Waals surface area contributed by atoms with Crippen molar-refractivity contribution in [3.63, 3.8) is 0 Å². The molecule has 0 spiro atoms. The summed E-state index contributed by atoms with van der Waals surface area (Å²) >= 11 is 0. The van der Waals surface area contributed by atoms with Crippen LogP contribution in [0.5, 0.6) is 0 Å². The van der Waals surface area contributed by atoms with Crippen LogP contribution in [-0.2, 0) is 16.0 Å². The number of likely N-dealkylation sites (tertiary alicyclic amines) is 1.